The molecule has 2 N–H and O–H groups in total. The Morgan fingerprint density at radius 3 is 2.42 bits per heavy atom. The van der Waals surface area contributed by atoms with Crippen molar-refractivity contribution in [1.82, 2.24) is 0 Å². The second kappa shape index (κ2) is 6.33. The molecule has 1 saturated carbocycles. The molecule has 1 fully saturated rings. The first-order chi connectivity index (χ1) is 9.10. The Labute approximate surface area is 112 Å². The van der Waals surface area contributed by atoms with Crippen molar-refractivity contribution >= 4 is 0 Å². The molecule has 1 unspecified atom stereocenters. The first kappa shape index (κ1) is 14.3. The highest BCUT2D eigenvalue weighted by atomic mass is 19.1. The lowest BCUT2D eigenvalue weighted by Gasteiger charge is -2.25. The van der Waals surface area contributed by atoms with Crippen molar-refractivity contribution in [2.24, 2.45) is 11.7 Å². The molecule has 1 aliphatic carbocycles. The van der Waals surface area contributed by atoms with Crippen LogP contribution in [0.15, 0.2) is 12.1 Å². The van der Waals surface area contributed by atoms with E-state index in [2.05, 4.69) is 0 Å². The van der Waals surface area contributed by atoms with Gasteiger partial charge in [0.2, 0.25) is 0 Å². The van der Waals surface area contributed by atoms with Crippen LogP contribution in [0.1, 0.15) is 38.2 Å². The fourth-order valence-electron chi connectivity index (χ4n) is 2.18. The zero-order chi connectivity index (χ0) is 13.8. The highest BCUT2D eigenvalue weighted by molar-refractivity contribution is 5.31. The third-order valence-corrected chi connectivity index (χ3v) is 3.77. The number of hydrogen-bond acceptors (Lipinski definition) is 2. The average Bonchev–Trinajstić information content (AvgIpc) is 2.30. The van der Waals surface area contributed by atoms with Crippen LogP contribution < -0.4 is 10.5 Å². The number of ether oxygens (including phenoxy) is 1. The fraction of sp³-hybridized carbons (Fsp3) is 0.600. The third kappa shape index (κ3) is 3.66. The lowest BCUT2D eigenvalue weighted by atomic mass is 9.86. The first-order valence-corrected chi connectivity index (χ1v) is 6.96. The fourth-order valence-corrected chi connectivity index (χ4v) is 2.18. The molecular weight excluding hydrogens is 248 g/mol. The van der Waals surface area contributed by atoms with Gasteiger partial charge in [-0.2, -0.15) is 0 Å². The van der Waals surface area contributed by atoms with Crippen molar-refractivity contribution in [1.29, 1.82) is 0 Å². The summed E-state index contributed by atoms with van der Waals surface area (Å²) in [7, 11) is 0. The van der Waals surface area contributed by atoms with Gasteiger partial charge in [-0.25, -0.2) is 8.78 Å². The van der Waals surface area contributed by atoms with E-state index in [1.54, 1.807) is 0 Å². The molecule has 0 aromatic heterocycles. The Balaban J connectivity index is 2.03. The van der Waals surface area contributed by atoms with E-state index in [1.165, 1.54) is 18.6 Å². The molecule has 0 radical (unpaired) electrons. The highest BCUT2D eigenvalue weighted by Crippen LogP contribution is 2.29. The molecule has 0 amide bonds. The first-order valence-electron chi connectivity index (χ1n) is 6.96. The van der Waals surface area contributed by atoms with Crippen LogP contribution in [0.2, 0.25) is 0 Å². The minimum absolute atomic E-state index is 0.0689. The largest absolute Gasteiger partial charge is 0.487 e. The molecule has 2 nitrogen and oxygen atoms in total. The van der Waals surface area contributed by atoms with Gasteiger partial charge in [-0.3, -0.25) is 0 Å². The predicted octanol–water partition coefficient (Wildman–Crippen LogP) is 3.42. The van der Waals surface area contributed by atoms with E-state index in [0.29, 0.717) is 24.5 Å². The Hall–Kier alpha value is -1.16. The van der Waals surface area contributed by atoms with Crippen molar-refractivity contribution in [2.75, 3.05) is 6.61 Å². The van der Waals surface area contributed by atoms with Crippen LogP contribution in [0.5, 0.6) is 5.75 Å². The van der Waals surface area contributed by atoms with Gasteiger partial charge in [0.15, 0.2) is 17.4 Å². The minimum Gasteiger partial charge on any atom is -0.487 e. The van der Waals surface area contributed by atoms with Crippen LogP contribution in [-0.4, -0.2) is 12.6 Å². The number of hydrogen-bond donors (Lipinski definition) is 1. The molecule has 4 heteroatoms. The molecular formula is C15H21F2NO. The van der Waals surface area contributed by atoms with Gasteiger partial charge >= 0.3 is 0 Å². The minimum atomic E-state index is -0.627. The van der Waals surface area contributed by atoms with Crippen LogP contribution in [0.4, 0.5) is 8.78 Å². The summed E-state index contributed by atoms with van der Waals surface area (Å²) in [5, 5.41) is 0. The molecule has 1 aliphatic rings. The standard InChI is InChI=1S/C15H21F2NO/c1-2-12(18)6-11-7-13(16)15(14(17)8-11)19-9-10-4-3-5-10/h7-8,10,12H,2-6,9,18H2,1H3. The van der Waals surface area contributed by atoms with Gasteiger partial charge in [-0.15, -0.1) is 0 Å². The van der Waals surface area contributed by atoms with Gasteiger partial charge in [-0.1, -0.05) is 13.3 Å². The van der Waals surface area contributed by atoms with Gasteiger partial charge in [0, 0.05) is 6.04 Å². The average molecular weight is 269 g/mol. The summed E-state index contributed by atoms with van der Waals surface area (Å²) in [6, 6.07) is 2.59. The molecule has 1 aromatic rings. The maximum Gasteiger partial charge on any atom is 0.190 e. The second-order valence-corrected chi connectivity index (χ2v) is 5.37. The summed E-state index contributed by atoms with van der Waals surface area (Å²) >= 11 is 0. The van der Waals surface area contributed by atoms with Crippen LogP contribution in [0, 0.1) is 17.6 Å². The molecule has 1 atom stereocenters. The SMILES string of the molecule is CCC(N)Cc1cc(F)c(OCC2CCC2)c(F)c1. The topological polar surface area (TPSA) is 35.2 Å². The summed E-state index contributed by atoms with van der Waals surface area (Å²) in [6.07, 6.45) is 4.63. The second-order valence-electron chi connectivity index (χ2n) is 5.37. The van der Waals surface area contributed by atoms with Gasteiger partial charge in [0.25, 0.3) is 0 Å². The predicted molar refractivity (Wildman–Crippen MR) is 71.2 cm³/mol. The van der Waals surface area contributed by atoms with Crippen molar-refractivity contribution in [2.45, 2.75) is 45.1 Å². The maximum atomic E-state index is 13.8. The Kier molecular flexibility index (Phi) is 4.75. The summed E-state index contributed by atoms with van der Waals surface area (Å²) < 4.78 is 32.9. The monoisotopic (exact) mass is 269 g/mol. The van der Waals surface area contributed by atoms with Gasteiger partial charge in [0.1, 0.15) is 0 Å². The van der Waals surface area contributed by atoms with Crippen molar-refractivity contribution in [3.8, 4) is 5.75 Å². The van der Waals surface area contributed by atoms with Crippen molar-refractivity contribution in [3.63, 3.8) is 0 Å². The highest BCUT2D eigenvalue weighted by Gasteiger charge is 2.20. The van der Waals surface area contributed by atoms with Gasteiger partial charge in [-0.05, 0) is 49.3 Å². The third-order valence-electron chi connectivity index (χ3n) is 3.77. The van der Waals surface area contributed by atoms with E-state index < -0.39 is 11.6 Å². The molecule has 0 bridgehead atoms. The molecule has 106 valence electrons. The lowest BCUT2D eigenvalue weighted by molar-refractivity contribution is 0.170. The molecule has 0 heterocycles. The van der Waals surface area contributed by atoms with Crippen LogP contribution in [-0.2, 0) is 6.42 Å². The smallest absolute Gasteiger partial charge is 0.190 e. The zero-order valence-electron chi connectivity index (χ0n) is 11.3. The molecule has 2 rings (SSSR count). The maximum absolute atomic E-state index is 13.8. The van der Waals surface area contributed by atoms with Crippen molar-refractivity contribution in [3.05, 3.63) is 29.3 Å². The Morgan fingerprint density at radius 2 is 1.95 bits per heavy atom. The Bertz CT molecular complexity index is 409. The zero-order valence-corrected chi connectivity index (χ0v) is 11.3. The van der Waals surface area contributed by atoms with E-state index >= 15 is 0 Å². The summed E-state index contributed by atoms with van der Waals surface area (Å²) in [6.45, 7) is 2.36. The normalized spacial score (nSPS) is 17.1. The number of benzene rings is 1. The van der Waals surface area contributed by atoms with E-state index in [0.717, 1.165) is 19.3 Å². The van der Waals surface area contributed by atoms with E-state index in [1.807, 2.05) is 6.92 Å². The molecule has 0 saturated heterocycles. The van der Waals surface area contributed by atoms with Crippen LogP contribution in [0.25, 0.3) is 0 Å². The number of nitrogens with two attached hydrogens (primary N) is 1. The Morgan fingerprint density at radius 1 is 1.32 bits per heavy atom. The van der Waals surface area contributed by atoms with Crippen molar-refractivity contribution < 1.29 is 13.5 Å². The molecule has 1 aromatic carbocycles. The summed E-state index contributed by atoms with van der Waals surface area (Å²) in [4.78, 5) is 0. The molecule has 0 spiro atoms. The van der Waals surface area contributed by atoms with Gasteiger partial charge < -0.3 is 10.5 Å². The van der Waals surface area contributed by atoms with E-state index in [4.69, 9.17) is 10.5 Å². The molecule has 0 aliphatic heterocycles. The molecule has 19 heavy (non-hydrogen) atoms. The van der Waals surface area contributed by atoms with Gasteiger partial charge in [0.05, 0.1) is 6.61 Å². The number of rotatable bonds is 6. The summed E-state index contributed by atoms with van der Waals surface area (Å²) in [5.74, 6) is -1.05. The lowest BCUT2D eigenvalue weighted by Crippen LogP contribution is -2.22. The van der Waals surface area contributed by atoms with E-state index in [9.17, 15) is 8.78 Å². The van der Waals surface area contributed by atoms with E-state index in [-0.39, 0.29) is 11.8 Å². The van der Waals surface area contributed by atoms with Crippen LogP contribution in [0.3, 0.4) is 0 Å². The quantitative estimate of drug-likeness (QED) is 0.858. The number of halogens is 2. The van der Waals surface area contributed by atoms with Crippen LogP contribution >= 0.6 is 0 Å². The summed E-state index contributed by atoms with van der Waals surface area (Å²) in [5.41, 5.74) is 6.37.